The molecule has 4 rings (SSSR count). The number of nitrogens with zero attached hydrogens (tertiary/aromatic N) is 4. The molecule has 1 aliphatic heterocycles. The van der Waals surface area contributed by atoms with Gasteiger partial charge in [0, 0.05) is 18.8 Å². The van der Waals surface area contributed by atoms with E-state index in [0.717, 1.165) is 43.6 Å². The highest BCUT2D eigenvalue weighted by molar-refractivity contribution is 5.98. The lowest BCUT2D eigenvalue weighted by Crippen LogP contribution is -2.36. The maximum absolute atomic E-state index is 12.8. The summed E-state index contributed by atoms with van der Waals surface area (Å²) in [6, 6.07) is 17.5. The Morgan fingerprint density at radius 3 is 2.22 bits per heavy atom. The summed E-state index contributed by atoms with van der Waals surface area (Å²) in [5, 5.41) is 18.3. The fourth-order valence-corrected chi connectivity index (χ4v) is 5.39. The van der Waals surface area contributed by atoms with Crippen molar-refractivity contribution in [3.05, 3.63) is 59.7 Å². The fraction of sp³-hybridized carbons (Fsp3) is 0.484. The third-order valence-corrected chi connectivity index (χ3v) is 7.62. The van der Waals surface area contributed by atoms with Crippen molar-refractivity contribution < 1.29 is 9.53 Å². The van der Waals surface area contributed by atoms with Gasteiger partial charge in [-0.2, -0.15) is 15.5 Å². The van der Waals surface area contributed by atoms with Crippen molar-refractivity contribution in [2.45, 2.75) is 65.4 Å². The first kappa shape index (κ1) is 26.6. The Morgan fingerprint density at radius 1 is 1.00 bits per heavy atom. The Morgan fingerprint density at radius 2 is 1.62 bits per heavy atom. The van der Waals surface area contributed by atoms with Gasteiger partial charge in [0.2, 0.25) is 0 Å². The molecule has 1 heterocycles. The van der Waals surface area contributed by atoms with Crippen LogP contribution in [-0.2, 0) is 9.53 Å². The van der Waals surface area contributed by atoms with E-state index < -0.39 is 5.97 Å². The van der Waals surface area contributed by atoms with Gasteiger partial charge in [0.05, 0.1) is 11.4 Å². The third kappa shape index (κ3) is 7.29. The quantitative estimate of drug-likeness (QED) is 0.168. The first-order chi connectivity index (χ1) is 17.9. The Bertz CT molecular complexity index is 1140. The van der Waals surface area contributed by atoms with E-state index in [-0.39, 0.29) is 11.7 Å². The predicted octanol–water partition coefficient (Wildman–Crippen LogP) is 8.00. The highest BCUT2D eigenvalue weighted by Gasteiger charge is 2.34. The fourth-order valence-electron chi connectivity index (χ4n) is 5.39. The molecule has 2 aromatic carbocycles. The lowest BCUT2D eigenvalue weighted by molar-refractivity contribution is -0.150. The molecule has 1 saturated carbocycles. The third-order valence-electron chi connectivity index (χ3n) is 7.62. The molecule has 37 heavy (non-hydrogen) atoms. The Balaban J connectivity index is 1.37. The highest BCUT2D eigenvalue weighted by atomic mass is 16.5. The number of benzene rings is 2. The largest absolute Gasteiger partial charge is 0.458 e. The smallest absolute Gasteiger partial charge is 0.349 e. The number of carbonyl (C=O) groups is 1. The van der Waals surface area contributed by atoms with Crippen molar-refractivity contribution in [3.8, 4) is 6.07 Å². The molecule has 6 nitrogen and oxygen atoms in total. The summed E-state index contributed by atoms with van der Waals surface area (Å²) >= 11 is 0. The van der Waals surface area contributed by atoms with E-state index >= 15 is 0 Å². The van der Waals surface area contributed by atoms with Gasteiger partial charge < -0.3 is 9.64 Å². The molecule has 3 unspecified atom stereocenters. The summed E-state index contributed by atoms with van der Waals surface area (Å²) in [5.74, 6) is 0.764. The van der Waals surface area contributed by atoms with Gasteiger partial charge in [-0.1, -0.05) is 39.3 Å². The number of esters is 1. The summed E-state index contributed by atoms with van der Waals surface area (Å²) in [4.78, 5) is 15.2. The highest BCUT2D eigenvalue weighted by Crippen LogP contribution is 2.35. The average Bonchev–Trinajstić information content (AvgIpc) is 2.92. The molecule has 0 bridgehead atoms. The minimum Gasteiger partial charge on any atom is -0.458 e. The van der Waals surface area contributed by atoms with Gasteiger partial charge in [0.25, 0.3) is 0 Å². The number of carbonyl (C=O) groups excluding carboxylic acids is 1. The summed E-state index contributed by atoms with van der Waals surface area (Å²) < 4.78 is 5.85. The second kappa shape index (κ2) is 12.7. The van der Waals surface area contributed by atoms with Crippen molar-refractivity contribution in [1.29, 1.82) is 5.26 Å². The minimum absolute atomic E-state index is 0.0175. The summed E-state index contributed by atoms with van der Waals surface area (Å²) in [6.07, 6.45) is 8.34. The number of nitriles is 1. The van der Waals surface area contributed by atoms with Crippen LogP contribution in [0.3, 0.4) is 0 Å². The Kier molecular flexibility index (Phi) is 9.11. The SMILES string of the molecule is CC1CCC(C(C)C)C(OC(=O)/C(C#N)=C/c2ccc(N=Nc3ccc(N4CCCCC4)cc3)cc2)C1. The molecule has 0 aromatic heterocycles. The van der Waals surface area contributed by atoms with Gasteiger partial charge in [-0.25, -0.2) is 4.79 Å². The predicted molar refractivity (Wildman–Crippen MR) is 148 cm³/mol. The summed E-state index contributed by atoms with van der Waals surface area (Å²) in [6.45, 7) is 8.77. The molecule has 2 aliphatic rings. The molecule has 3 atom stereocenters. The van der Waals surface area contributed by atoms with Crippen LogP contribution in [0, 0.1) is 29.1 Å². The van der Waals surface area contributed by atoms with E-state index in [2.05, 4.69) is 48.0 Å². The van der Waals surface area contributed by atoms with Crippen LogP contribution >= 0.6 is 0 Å². The van der Waals surface area contributed by atoms with E-state index in [1.165, 1.54) is 24.9 Å². The van der Waals surface area contributed by atoms with Gasteiger partial charge in [0.15, 0.2) is 0 Å². The van der Waals surface area contributed by atoms with Crippen molar-refractivity contribution in [1.82, 2.24) is 0 Å². The molecule has 0 spiro atoms. The first-order valence-corrected chi connectivity index (χ1v) is 13.6. The molecule has 1 saturated heterocycles. The number of rotatable bonds is 7. The van der Waals surface area contributed by atoms with Gasteiger partial charge in [-0.3, -0.25) is 0 Å². The van der Waals surface area contributed by atoms with Crippen LogP contribution in [0.2, 0.25) is 0 Å². The number of ether oxygens (including phenoxy) is 1. The Labute approximate surface area is 221 Å². The van der Waals surface area contributed by atoms with Crippen molar-refractivity contribution >= 4 is 29.1 Å². The minimum atomic E-state index is -0.538. The van der Waals surface area contributed by atoms with Crippen LogP contribution in [0.15, 0.2) is 64.3 Å². The number of azo groups is 1. The molecule has 0 amide bonds. The molecule has 1 aliphatic carbocycles. The second-order valence-corrected chi connectivity index (χ2v) is 10.8. The molecule has 2 aromatic rings. The molecule has 2 fully saturated rings. The summed E-state index contributed by atoms with van der Waals surface area (Å²) in [5.41, 5.74) is 3.50. The molecular weight excluding hydrogens is 460 g/mol. The number of hydrogen-bond donors (Lipinski definition) is 0. The zero-order valence-electron chi connectivity index (χ0n) is 22.3. The van der Waals surface area contributed by atoms with E-state index in [0.29, 0.717) is 23.4 Å². The lowest BCUT2D eigenvalue weighted by atomic mass is 9.75. The van der Waals surface area contributed by atoms with E-state index in [1.807, 2.05) is 42.5 Å². The number of hydrogen-bond acceptors (Lipinski definition) is 6. The number of piperidine rings is 1. The molecule has 194 valence electrons. The van der Waals surface area contributed by atoms with Gasteiger partial charge in [-0.05, 0) is 97.9 Å². The standard InChI is InChI=1S/C31H38N4O2/c1-22(2)29-16-7-23(3)19-30(29)37-31(36)25(21-32)20-24-8-10-26(11-9-24)33-34-27-12-14-28(15-13-27)35-17-5-4-6-18-35/h8-15,20,22-23,29-30H,4-7,16-19H2,1-3H3/b25-20+,34-33?. The zero-order valence-corrected chi connectivity index (χ0v) is 22.3. The van der Waals surface area contributed by atoms with Crippen LogP contribution in [0.5, 0.6) is 0 Å². The lowest BCUT2D eigenvalue weighted by Gasteiger charge is -2.36. The first-order valence-electron chi connectivity index (χ1n) is 13.6. The maximum atomic E-state index is 12.8. The van der Waals surface area contributed by atoms with Crippen molar-refractivity contribution in [2.24, 2.45) is 28.0 Å². The van der Waals surface area contributed by atoms with Crippen molar-refractivity contribution in [2.75, 3.05) is 18.0 Å². The Hall–Kier alpha value is -3.46. The van der Waals surface area contributed by atoms with Crippen LogP contribution < -0.4 is 4.90 Å². The molecular formula is C31H38N4O2. The van der Waals surface area contributed by atoms with Crippen LogP contribution in [0.4, 0.5) is 17.1 Å². The maximum Gasteiger partial charge on any atom is 0.349 e. The van der Waals surface area contributed by atoms with E-state index in [1.54, 1.807) is 6.08 Å². The van der Waals surface area contributed by atoms with Gasteiger partial charge in [0.1, 0.15) is 17.7 Å². The molecule has 0 radical (unpaired) electrons. The average molecular weight is 499 g/mol. The van der Waals surface area contributed by atoms with Gasteiger partial charge in [-0.15, -0.1) is 0 Å². The van der Waals surface area contributed by atoms with E-state index in [9.17, 15) is 10.1 Å². The van der Waals surface area contributed by atoms with Crippen LogP contribution in [0.25, 0.3) is 6.08 Å². The summed E-state index contributed by atoms with van der Waals surface area (Å²) in [7, 11) is 0. The molecule has 0 N–H and O–H groups in total. The zero-order chi connectivity index (χ0) is 26.2. The van der Waals surface area contributed by atoms with Crippen molar-refractivity contribution in [3.63, 3.8) is 0 Å². The van der Waals surface area contributed by atoms with E-state index in [4.69, 9.17) is 4.74 Å². The molecule has 6 heteroatoms. The monoisotopic (exact) mass is 498 g/mol. The second-order valence-electron chi connectivity index (χ2n) is 10.8. The van der Waals surface area contributed by atoms with Gasteiger partial charge >= 0.3 is 5.97 Å². The topological polar surface area (TPSA) is 78.0 Å². The number of anilines is 1. The van der Waals surface area contributed by atoms with Crippen LogP contribution in [-0.4, -0.2) is 25.2 Å². The van der Waals surface area contributed by atoms with Crippen LogP contribution in [0.1, 0.15) is 64.9 Å². The normalized spacial score (nSPS) is 22.7.